The third kappa shape index (κ3) is 3.27. The largest absolute Gasteiger partial charge is 0.468 e. The number of sulfonamides is 1. The fourth-order valence-electron chi connectivity index (χ4n) is 1.36. The molecule has 0 aliphatic rings. The zero-order valence-electron chi connectivity index (χ0n) is 10.2. The highest BCUT2D eigenvalue weighted by Gasteiger charge is 2.26. The van der Waals surface area contributed by atoms with Gasteiger partial charge in [-0.2, -0.15) is 9.98 Å². The van der Waals surface area contributed by atoms with Gasteiger partial charge in [0.1, 0.15) is 28.4 Å². The number of rotatable bonds is 4. The van der Waals surface area contributed by atoms with Crippen LogP contribution in [0.4, 0.5) is 4.39 Å². The molecule has 1 N–H and O–H groups in total. The molecule has 1 aromatic rings. The van der Waals surface area contributed by atoms with Crippen LogP contribution in [0.2, 0.25) is 0 Å². The van der Waals surface area contributed by atoms with Crippen molar-refractivity contribution in [1.29, 1.82) is 5.26 Å². The average molecular weight is 286 g/mol. The minimum atomic E-state index is -4.19. The Hall–Kier alpha value is -1.98. The van der Waals surface area contributed by atoms with Crippen LogP contribution in [0, 0.1) is 17.1 Å². The van der Waals surface area contributed by atoms with E-state index >= 15 is 0 Å². The number of carbonyl (C=O) groups is 1. The van der Waals surface area contributed by atoms with Crippen LogP contribution in [0.1, 0.15) is 12.5 Å². The van der Waals surface area contributed by atoms with Gasteiger partial charge in [0.15, 0.2) is 0 Å². The van der Waals surface area contributed by atoms with Gasteiger partial charge in [-0.3, -0.25) is 4.79 Å². The molecule has 8 heteroatoms. The Balaban J connectivity index is 3.19. The van der Waals surface area contributed by atoms with Crippen LogP contribution in [0.15, 0.2) is 23.1 Å². The van der Waals surface area contributed by atoms with Gasteiger partial charge < -0.3 is 4.74 Å². The van der Waals surface area contributed by atoms with E-state index in [1.807, 2.05) is 4.72 Å². The molecule has 102 valence electrons. The second-order valence-corrected chi connectivity index (χ2v) is 5.27. The molecule has 6 nitrogen and oxygen atoms in total. The van der Waals surface area contributed by atoms with Crippen molar-refractivity contribution in [3.63, 3.8) is 0 Å². The van der Waals surface area contributed by atoms with Crippen LogP contribution >= 0.6 is 0 Å². The van der Waals surface area contributed by atoms with Gasteiger partial charge in [0.05, 0.1) is 7.11 Å². The molecule has 0 saturated carbocycles. The third-order valence-corrected chi connectivity index (χ3v) is 3.85. The molecule has 0 spiro atoms. The number of ether oxygens (including phenoxy) is 1. The van der Waals surface area contributed by atoms with E-state index in [9.17, 15) is 17.6 Å². The lowest BCUT2D eigenvalue weighted by atomic mass is 10.2. The van der Waals surface area contributed by atoms with Crippen LogP contribution in [0.3, 0.4) is 0 Å². The summed E-state index contributed by atoms with van der Waals surface area (Å²) in [7, 11) is -3.09. The van der Waals surface area contributed by atoms with Crippen molar-refractivity contribution in [3.8, 4) is 6.07 Å². The lowest BCUT2D eigenvalue weighted by Gasteiger charge is -2.13. The topological polar surface area (TPSA) is 96.3 Å². The summed E-state index contributed by atoms with van der Waals surface area (Å²) < 4.78 is 43.6. The maximum absolute atomic E-state index is 13.3. The van der Waals surface area contributed by atoms with E-state index in [1.165, 1.54) is 13.0 Å². The first kappa shape index (κ1) is 15.1. The number of halogens is 1. The van der Waals surface area contributed by atoms with Gasteiger partial charge >= 0.3 is 5.97 Å². The molecule has 0 aliphatic heterocycles. The molecule has 0 aromatic heterocycles. The number of benzene rings is 1. The van der Waals surface area contributed by atoms with Crippen LogP contribution in [-0.4, -0.2) is 27.5 Å². The number of methoxy groups -OCH3 is 1. The van der Waals surface area contributed by atoms with Crippen molar-refractivity contribution >= 4 is 16.0 Å². The Kier molecular flexibility index (Phi) is 4.58. The molecular weight excluding hydrogens is 275 g/mol. The average Bonchev–Trinajstić information content (AvgIpc) is 2.36. The fourth-order valence-corrected chi connectivity index (χ4v) is 2.72. The molecule has 19 heavy (non-hydrogen) atoms. The van der Waals surface area contributed by atoms with Crippen LogP contribution < -0.4 is 4.72 Å². The summed E-state index contributed by atoms with van der Waals surface area (Å²) in [6, 6.07) is 3.54. The molecule has 0 radical (unpaired) electrons. The molecule has 1 unspecified atom stereocenters. The lowest BCUT2D eigenvalue weighted by Crippen LogP contribution is -2.39. The van der Waals surface area contributed by atoms with Crippen molar-refractivity contribution in [3.05, 3.63) is 29.6 Å². The van der Waals surface area contributed by atoms with E-state index in [1.54, 1.807) is 0 Å². The van der Waals surface area contributed by atoms with E-state index < -0.39 is 38.3 Å². The molecule has 1 atom stereocenters. The van der Waals surface area contributed by atoms with Crippen molar-refractivity contribution in [1.82, 2.24) is 4.72 Å². The molecular formula is C11H11FN2O4S. The maximum Gasteiger partial charge on any atom is 0.323 e. The minimum Gasteiger partial charge on any atom is -0.468 e. The summed E-state index contributed by atoms with van der Waals surface area (Å²) in [4.78, 5) is 10.6. The number of nitrogens with zero attached hydrogens (tertiary/aromatic N) is 1. The van der Waals surface area contributed by atoms with Crippen LogP contribution in [0.25, 0.3) is 0 Å². The van der Waals surface area contributed by atoms with Crippen LogP contribution in [-0.2, 0) is 19.6 Å². The second-order valence-electron chi connectivity index (χ2n) is 3.59. The summed E-state index contributed by atoms with van der Waals surface area (Å²) in [5.41, 5.74) is -0.605. The monoisotopic (exact) mass is 286 g/mol. The number of nitrogens with one attached hydrogen (secondary N) is 1. The quantitative estimate of drug-likeness (QED) is 0.815. The number of hydrogen-bond acceptors (Lipinski definition) is 5. The van der Waals surface area contributed by atoms with Crippen molar-refractivity contribution < 1.29 is 22.3 Å². The predicted molar refractivity (Wildman–Crippen MR) is 62.9 cm³/mol. The Morgan fingerprint density at radius 2 is 2.16 bits per heavy atom. The van der Waals surface area contributed by atoms with Gasteiger partial charge in [0.25, 0.3) is 0 Å². The Bertz CT molecular complexity index is 637. The molecule has 0 saturated heterocycles. The van der Waals surface area contributed by atoms with E-state index in [0.717, 1.165) is 25.3 Å². The predicted octanol–water partition coefficient (Wildman–Crippen LogP) is 0.537. The zero-order chi connectivity index (χ0) is 14.6. The van der Waals surface area contributed by atoms with Crippen molar-refractivity contribution in [2.24, 2.45) is 0 Å². The summed E-state index contributed by atoms with van der Waals surface area (Å²) in [5, 5.41) is 8.78. The van der Waals surface area contributed by atoms with Crippen molar-refractivity contribution in [2.45, 2.75) is 17.9 Å². The smallest absolute Gasteiger partial charge is 0.323 e. The van der Waals surface area contributed by atoms with E-state index in [-0.39, 0.29) is 0 Å². The van der Waals surface area contributed by atoms with E-state index in [4.69, 9.17) is 5.26 Å². The number of hydrogen-bond donors (Lipinski definition) is 1. The number of esters is 1. The summed E-state index contributed by atoms with van der Waals surface area (Å²) in [6.45, 7) is 1.27. The normalized spacial score (nSPS) is 12.5. The Morgan fingerprint density at radius 3 is 2.68 bits per heavy atom. The Morgan fingerprint density at radius 1 is 1.53 bits per heavy atom. The van der Waals surface area contributed by atoms with E-state index in [2.05, 4.69) is 4.74 Å². The molecule has 1 rings (SSSR count). The summed E-state index contributed by atoms with van der Waals surface area (Å²) >= 11 is 0. The summed E-state index contributed by atoms with van der Waals surface area (Å²) in [5.74, 6) is -1.74. The standard InChI is InChI=1S/C11H11FN2O4S/c1-7(11(15)18-2)14-19(16,17)10-5-3-4-9(12)8(10)6-13/h3-5,7,14H,1-2H3. The second kappa shape index (κ2) is 5.77. The molecule has 0 heterocycles. The Labute approximate surface area is 109 Å². The fraction of sp³-hybridized carbons (Fsp3) is 0.273. The highest BCUT2D eigenvalue weighted by atomic mass is 32.2. The van der Waals surface area contributed by atoms with Gasteiger partial charge in [0, 0.05) is 0 Å². The number of carbonyl (C=O) groups excluding carboxylic acids is 1. The first-order valence-corrected chi connectivity index (χ1v) is 6.60. The van der Waals surface area contributed by atoms with Crippen molar-refractivity contribution in [2.75, 3.05) is 7.11 Å². The summed E-state index contributed by atoms with van der Waals surface area (Å²) in [6.07, 6.45) is 0. The van der Waals surface area contributed by atoms with Crippen LogP contribution in [0.5, 0.6) is 0 Å². The minimum absolute atomic E-state index is 0.522. The molecule has 1 aromatic carbocycles. The van der Waals surface area contributed by atoms with Gasteiger partial charge in [-0.05, 0) is 19.1 Å². The molecule has 0 amide bonds. The van der Waals surface area contributed by atoms with Gasteiger partial charge in [0.2, 0.25) is 10.0 Å². The molecule has 0 aliphatic carbocycles. The van der Waals surface area contributed by atoms with Gasteiger partial charge in [-0.1, -0.05) is 6.07 Å². The van der Waals surface area contributed by atoms with Gasteiger partial charge in [-0.15, -0.1) is 0 Å². The SMILES string of the molecule is COC(=O)C(C)NS(=O)(=O)c1cccc(F)c1C#N. The highest BCUT2D eigenvalue weighted by molar-refractivity contribution is 7.89. The zero-order valence-corrected chi connectivity index (χ0v) is 11.0. The highest BCUT2D eigenvalue weighted by Crippen LogP contribution is 2.18. The van der Waals surface area contributed by atoms with E-state index in [0.29, 0.717) is 0 Å². The maximum atomic E-state index is 13.3. The third-order valence-electron chi connectivity index (χ3n) is 2.26. The first-order chi connectivity index (χ1) is 8.83. The van der Waals surface area contributed by atoms with Gasteiger partial charge in [-0.25, -0.2) is 12.8 Å². The first-order valence-electron chi connectivity index (χ1n) is 5.12. The molecule has 0 bridgehead atoms. The lowest BCUT2D eigenvalue weighted by molar-refractivity contribution is -0.142. The molecule has 0 fully saturated rings. The number of nitriles is 1.